The average Bonchev–Trinajstić information content (AvgIpc) is 1.58. The fraction of sp³-hybridized carbons (Fsp3) is 0. The van der Waals surface area contributed by atoms with Crippen molar-refractivity contribution >= 4 is 131 Å². The third kappa shape index (κ3) is 8.54. The van der Waals surface area contributed by atoms with Gasteiger partial charge in [0.15, 0.2) is 0 Å². The van der Waals surface area contributed by atoms with Crippen molar-refractivity contribution < 1.29 is 8.83 Å². The molecule has 6 nitrogen and oxygen atoms in total. The first-order valence-corrected chi connectivity index (χ1v) is 34.9. The topological polar surface area (TPSA) is 46.0 Å². The zero-order valence-electron chi connectivity index (χ0n) is 55.1. The molecule has 6 heterocycles. The summed E-state index contributed by atoms with van der Waals surface area (Å²) in [6.07, 6.45) is 0. The summed E-state index contributed by atoms with van der Waals surface area (Å²) in [7, 11) is 0. The van der Waals surface area contributed by atoms with Gasteiger partial charge >= 0.3 is 0 Å². The second-order valence-corrected chi connectivity index (χ2v) is 27.1. The van der Waals surface area contributed by atoms with Crippen LogP contribution >= 0.6 is 0 Å². The Kier molecular flexibility index (Phi) is 12.1. The lowest BCUT2D eigenvalue weighted by Crippen LogP contribution is -1.97. The van der Waals surface area contributed by atoms with Crippen LogP contribution in [0.2, 0.25) is 0 Å². The molecule has 0 saturated heterocycles. The number of hydrogen-bond donors (Lipinski definition) is 0. The Balaban J connectivity index is 0.637. The van der Waals surface area contributed by atoms with Crippen molar-refractivity contribution in [1.82, 2.24) is 18.3 Å². The van der Waals surface area contributed by atoms with Crippen LogP contribution in [-0.2, 0) is 0 Å². The maximum atomic E-state index is 6.42. The van der Waals surface area contributed by atoms with E-state index in [1.54, 1.807) is 0 Å². The van der Waals surface area contributed by atoms with E-state index in [-0.39, 0.29) is 0 Å². The van der Waals surface area contributed by atoms with Crippen molar-refractivity contribution in [2.24, 2.45) is 0 Å². The molecule has 0 spiro atoms. The molecule has 0 unspecified atom stereocenters. The minimum absolute atomic E-state index is 0.900. The molecule has 0 aliphatic carbocycles. The summed E-state index contributed by atoms with van der Waals surface area (Å²) < 4.78 is 22.5. The summed E-state index contributed by atoms with van der Waals surface area (Å²) in [4.78, 5) is 0. The van der Waals surface area contributed by atoms with E-state index in [0.29, 0.717) is 0 Å². The van der Waals surface area contributed by atoms with Gasteiger partial charge in [0.2, 0.25) is 0 Å². The molecule has 0 saturated carbocycles. The standard InChI is InChI=1S/C96H58N4O2/c1-2-18-59(19-3-1)65-50-67(62-38-43-69(44-39-62)97-87-31-15-8-25-78(87)95-89(97)48-49-93-96(95)79-26-10-17-33-92(79)101-93)55-72(52-65)100-86-30-14-6-22-75(86)80-56-64(42-47-88(80)100)60-34-36-61(37-35-60)66-51-68(54-71(53-66)99-83-27-11-4-20-73(83)74-21-5-12-28-84(74)99)63-40-45-70(46-41-63)98-85-29-13-7-23-76(85)81-58-94-82(57-90(81)98)77-24-9-16-32-91(77)102-94/h1-58H. The van der Waals surface area contributed by atoms with Crippen LogP contribution in [0.25, 0.3) is 209 Å². The van der Waals surface area contributed by atoms with Crippen LogP contribution in [0.5, 0.6) is 0 Å². The Labute approximate surface area is 584 Å². The molecule has 22 rings (SSSR count). The van der Waals surface area contributed by atoms with Crippen molar-refractivity contribution in [1.29, 1.82) is 0 Å². The number of benzene rings is 16. The Bertz CT molecular complexity index is 7160. The van der Waals surface area contributed by atoms with Crippen molar-refractivity contribution in [3.05, 3.63) is 352 Å². The summed E-state index contributed by atoms with van der Waals surface area (Å²) in [5.74, 6) is 0. The molecule has 0 amide bonds. The van der Waals surface area contributed by atoms with E-state index < -0.39 is 0 Å². The number of aromatic nitrogens is 4. The third-order valence-corrected chi connectivity index (χ3v) is 21.5. The fourth-order valence-electron chi connectivity index (χ4n) is 16.9. The van der Waals surface area contributed by atoms with E-state index in [9.17, 15) is 0 Å². The highest BCUT2D eigenvalue weighted by molar-refractivity contribution is 6.27. The molecule has 6 aromatic heterocycles. The second-order valence-electron chi connectivity index (χ2n) is 27.1. The summed E-state index contributed by atoms with van der Waals surface area (Å²) >= 11 is 0. The Morgan fingerprint density at radius 3 is 1.04 bits per heavy atom. The molecule has 0 bridgehead atoms. The van der Waals surface area contributed by atoms with Gasteiger partial charge in [-0.25, -0.2) is 0 Å². The van der Waals surface area contributed by atoms with Gasteiger partial charge in [0.25, 0.3) is 0 Å². The zero-order valence-corrected chi connectivity index (χ0v) is 55.1. The Morgan fingerprint density at radius 2 is 0.500 bits per heavy atom. The second kappa shape index (κ2) is 21.9. The molecule has 102 heavy (non-hydrogen) atoms. The van der Waals surface area contributed by atoms with Gasteiger partial charge in [-0.15, -0.1) is 0 Å². The monoisotopic (exact) mass is 1300 g/mol. The SMILES string of the molecule is c1ccc(-c2cc(-c3ccc(-n4c5ccccc5c5c6c(ccc54)oc4ccccc46)cc3)cc(-n3c4ccccc4c4cc(-c5ccc(-c6cc(-c7ccc(-n8c9ccccc9c9cc%10oc%11ccccc%11c%10cc98)cc7)cc(-n7c8ccccc8c8ccccc87)c6)cc5)ccc43)c2)cc1. The van der Waals surface area contributed by atoms with Crippen LogP contribution in [0.1, 0.15) is 0 Å². The molecule has 0 atom stereocenters. The molecule has 0 aliphatic rings. The predicted octanol–water partition coefficient (Wildman–Crippen LogP) is 26.2. The Hall–Kier alpha value is -13.7. The van der Waals surface area contributed by atoms with Crippen LogP contribution in [0.15, 0.2) is 361 Å². The van der Waals surface area contributed by atoms with Crippen LogP contribution in [0.4, 0.5) is 0 Å². The number of para-hydroxylation sites is 7. The van der Waals surface area contributed by atoms with E-state index >= 15 is 0 Å². The molecular formula is C96H58N4O2. The molecule has 0 aliphatic heterocycles. The van der Waals surface area contributed by atoms with Crippen LogP contribution in [0.3, 0.4) is 0 Å². The number of furan rings is 2. The minimum atomic E-state index is 0.900. The summed E-state index contributed by atoms with van der Waals surface area (Å²) in [6, 6.07) is 129. The van der Waals surface area contributed by atoms with Crippen LogP contribution < -0.4 is 0 Å². The first-order valence-electron chi connectivity index (χ1n) is 34.9. The maximum absolute atomic E-state index is 6.42. The lowest BCUT2D eigenvalue weighted by atomic mass is 9.95. The highest BCUT2D eigenvalue weighted by Gasteiger charge is 2.23. The lowest BCUT2D eigenvalue weighted by molar-refractivity contribution is 0.669. The molecular weight excluding hydrogens is 1240 g/mol. The predicted molar refractivity (Wildman–Crippen MR) is 426 cm³/mol. The first-order chi connectivity index (χ1) is 50.5. The van der Waals surface area contributed by atoms with Gasteiger partial charge in [-0.1, -0.05) is 212 Å². The van der Waals surface area contributed by atoms with Gasteiger partial charge in [-0.3, -0.25) is 0 Å². The molecule has 0 radical (unpaired) electrons. The number of rotatable bonds is 9. The molecule has 16 aromatic carbocycles. The zero-order chi connectivity index (χ0) is 66.7. The quantitative estimate of drug-likeness (QED) is 0.145. The Morgan fingerprint density at radius 1 is 0.147 bits per heavy atom. The fourth-order valence-corrected chi connectivity index (χ4v) is 16.9. The molecule has 22 aromatic rings. The number of fused-ring (bicyclic) bond motifs is 19. The highest BCUT2D eigenvalue weighted by atomic mass is 16.3. The largest absolute Gasteiger partial charge is 0.456 e. The van der Waals surface area contributed by atoms with Crippen molar-refractivity contribution in [3.63, 3.8) is 0 Å². The average molecular weight is 1300 g/mol. The lowest BCUT2D eigenvalue weighted by Gasteiger charge is -2.15. The third-order valence-electron chi connectivity index (χ3n) is 21.5. The van der Waals surface area contributed by atoms with Crippen LogP contribution in [0, 0.1) is 0 Å². The molecule has 6 heteroatoms. The van der Waals surface area contributed by atoms with Crippen LogP contribution in [-0.4, -0.2) is 18.3 Å². The van der Waals surface area contributed by atoms with E-state index in [4.69, 9.17) is 8.83 Å². The van der Waals surface area contributed by atoms with Crippen molar-refractivity contribution in [3.8, 4) is 78.4 Å². The number of hydrogen-bond acceptors (Lipinski definition) is 2. The molecule has 0 N–H and O–H groups in total. The van der Waals surface area contributed by atoms with Crippen molar-refractivity contribution in [2.75, 3.05) is 0 Å². The van der Waals surface area contributed by atoms with E-state index in [1.807, 2.05) is 12.1 Å². The highest BCUT2D eigenvalue weighted by Crippen LogP contribution is 2.45. The van der Waals surface area contributed by atoms with Gasteiger partial charge in [0.1, 0.15) is 22.3 Å². The summed E-state index contributed by atoms with van der Waals surface area (Å²) in [5.41, 5.74) is 28.7. The van der Waals surface area contributed by atoms with E-state index in [0.717, 1.165) is 155 Å². The number of nitrogens with zero attached hydrogens (tertiary/aromatic N) is 4. The minimum Gasteiger partial charge on any atom is -0.456 e. The van der Waals surface area contributed by atoms with Gasteiger partial charge in [0.05, 0.1) is 44.1 Å². The normalized spacial score (nSPS) is 12.1. The van der Waals surface area contributed by atoms with E-state index in [1.165, 1.54) is 54.1 Å². The van der Waals surface area contributed by atoms with Gasteiger partial charge in [-0.05, 0) is 195 Å². The molecule has 474 valence electrons. The maximum Gasteiger partial charge on any atom is 0.136 e. The molecule has 0 fully saturated rings. The summed E-state index contributed by atoms with van der Waals surface area (Å²) in [6.45, 7) is 0. The van der Waals surface area contributed by atoms with Gasteiger partial charge in [0, 0.05) is 87.4 Å². The smallest absolute Gasteiger partial charge is 0.136 e. The van der Waals surface area contributed by atoms with Crippen molar-refractivity contribution in [2.45, 2.75) is 0 Å². The van der Waals surface area contributed by atoms with Gasteiger partial charge < -0.3 is 27.1 Å². The van der Waals surface area contributed by atoms with Gasteiger partial charge in [-0.2, -0.15) is 0 Å². The first kappa shape index (κ1) is 56.3. The summed E-state index contributed by atoms with van der Waals surface area (Å²) in [5, 5.41) is 14.2. The van der Waals surface area contributed by atoms with E-state index in [2.05, 4.69) is 358 Å².